The quantitative estimate of drug-likeness (QED) is 0.0553. The summed E-state index contributed by atoms with van der Waals surface area (Å²) in [4.78, 5) is 74.7. The van der Waals surface area contributed by atoms with Gasteiger partial charge in [-0.2, -0.15) is 0 Å². The first-order valence-corrected chi connectivity index (χ1v) is 15.0. The molecule has 0 unspecified atom stereocenters. The molecule has 1 aliphatic heterocycles. The summed E-state index contributed by atoms with van der Waals surface area (Å²) in [5.74, 6) is -2.37. The normalized spacial score (nSPS) is 20.0. The van der Waals surface area contributed by atoms with E-state index in [-0.39, 0.29) is 49.1 Å². The summed E-state index contributed by atoms with van der Waals surface area (Å²) < 4.78 is 11.6. The van der Waals surface area contributed by atoms with Crippen LogP contribution in [0.1, 0.15) is 48.7 Å². The van der Waals surface area contributed by atoms with Gasteiger partial charge in [-0.1, -0.05) is 6.07 Å². The van der Waals surface area contributed by atoms with Gasteiger partial charge in [0.1, 0.15) is 30.1 Å². The second-order valence-corrected chi connectivity index (χ2v) is 11.1. The van der Waals surface area contributed by atoms with E-state index in [1.165, 1.54) is 25.3 Å². The van der Waals surface area contributed by atoms with Gasteiger partial charge in [-0.05, 0) is 43.3 Å². The molecule has 1 aromatic heterocycles. The van der Waals surface area contributed by atoms with Crippen molar-refractivity contribution in [2.45, 2.75) is 68.7 Å². The van der Waals surface area contributed by atoms with E-state index in [4.69, 9.17) is 20.9 Å². The van der Waals surface area contributed by atoms with Crippen LogP contribution in [0.4, 0.5) is 0 Å². The zero-order chi connectivity index (χ0) is 35.5. The number of hydrogen-bond donors (Lipinski definition) is 10. The lowest BCUT2D eigenvalue weighted by molar-refractivity contribution is -0.128. The predicted octanol–water partition coefficient (Wildman–Crippen LogP) is -5.36. The molecule has 12 N–H and O–H groups in total. The molecule has 0 radical (unpaired) electrons. The molecule has 262 valence electrons. The van der Waals surface area contributed by atoms with Crippen molar-refractivity contribution in [3.63, 3.8) is 0 Å². The third-order valence-corrected chi connectivity index (χ3v) is 7.62. The third kappa shape index (κ3) is 10.2. The molecule has 1 saturated heterocycles. The molecule has 2 aromatic rings. The number of amides is 4. The Hall–Kier alpha value is -4.60. The molecule has 1 fully saturated rings. The Morgan fingerprint density at radius 2 is 1.81 bits per heavy atom. The van der Waals surface area contributed by atoms with Crippen LogP contribution in [0.25, 0.3) is 0 Å². The first-order chi connectivity index (χ1) is 22.7. The molecule has 3 rings (SSSR count). The summed E-state index contributed by atoms with van der Waals surface area (Å²) in [5, 5.41) is 46.9. The number of unbranched alkanes of at least 4 members (excludes halogenated alkanes) is 1. The zero-order valence-electron chi connectivity index (χ0n) is 26.0. The summed E-state index contributed by atoms with van der Waals surface area (Å²) in [6.07, 6.45) is -3.64. The van der Waals surface area contributed by atoms with Gasteiger partial charge in [-0.3, -0.25) is 33.5 Å². The number of nitrogens with zero attached hydrogens (tertiary/aromatic N) is 1. The number of carbonyl (C=O) groups excluding carboxylic acids is 4. The van der Waals surface area contributed by atoms with E-state index in [0.29, 0.717) is 12.8 Å². The second kappa shape index (κ2) is 17.5. The van der Waals surface area contributed by atoms with Gasteiger partial charge in [0.25, 0.3) is 11.5 Å². The Labute approximate surface area is 273 Å². The standard InChI is InChI=1S/C28H40BN7O12/c1-47-18-12-14(29(45)46)5-6-15(18)25(42)32-10-3-2-4-17(24(31)41)34-26(43)16(30)7-8-20(37)33-13-19-22(39)23(40)27(48-19)36-11-9-21(38)35-28(36)44/h5-6,9,11-12,16-17,19,22-23,27,39-40,45-46H,2-4,7-8,10,13,30H2,1H3,(H2,31,41)(H,32,42)(H,33,37)(H,34,43)(H,35,38,44)/t16-,17-,19+,22+,23+,27+/m0/s1. The highest BCUT2D eigenvalue weighted by molar-refractivity contribution is 6.58. The maximum absolute atomic E-state index is 12.6. The summed E-state index contributed by atoms with van der Waals surface area (Å²) in [6.45, 7) is -0.0282. The molecule has 6 atom stereocenters. The number of aromatic amines is 1. The van der Waals surface area contributed by atoms with Gasteiger partial charge in [-0.25, -0.2) is 4.79 Å². The molecule has 0 bridgehead atoms. The number of benzene rings is 1. The third-order valence-electron chi connectivity index (χ3n) is 7.62. The van der Waals surface area contributed by atoms with Crippen LogP contribution in [-0.4, -0.2) is 111 Å². The molecule has 2 heterocycles. The zero-order valence-corrected chi connectivity index (χ0v) is 26.0. The van der Waals surface area contributed by atoms with Crippen LogP contribution in [0.2, 0.25) is 0 Å². The van der Waals surface area contributed by atoms with Crippen molar-refractivity contribution in [1.29, 1.82) is 0 Å². The number of H-pyrrole nitrogens is 1. The number of aliphatic hydroxyl groups is 2. The van der Waals surface area contributed by atoms with Gasteiger partial charge in [-0.15, -0.1) is 0 Å². The van der Waals surface area contributed by atoms with Crippen LogP contribution in [0.3, 0.4) is 0 Å². The minimum atomic E-state index is -1.72. The van der Waals surface area contributed by atoms with E-state index < -0.39 is 78.6 Å². The lowest BCUT2D eigenvalue weighted by Gasteiger charge is -2.19. The number of methoxy groups -OCH3 is 1. The summed E-state index contributed by atoms with van der Waals surface area (Å²) in [5.41, 5.74) is 10.2. The average Bonchev–Trinajstić information content (AvgIpc) is 3.33. The molecular weight excluding hydrogens is 637 g/mol. The van der Waals surface area contributed by atoms with Gasteiger partial charge < -0.3 is 57.2 Å². The molecule has 0 spiro atoms. The molecule has 20 heteroatoms. The Bertz CT molecular complexity index is 1570. The van der Waals surface area contributed by atoms with Gasteiger partial charge in [0.15, 0.2) is 6.23 Å². The fraction of sp³-hybridized carbons (Fsp3) is 0.500. The van der Waals surface area contributed by atoms with E-state index >= 15 is 0 Å². The van der Waals surface area contributed by atoms with Crippen molar-refractivity contribution in [2.75, 3.05) is 20.2 Å². The van der Waals surface area contributed by atoms with Crippen LogP contribution in [-0.2, 0) is 19.1 Å². The Morgan fingerprint density at radius 1 is 1.08 bits per heavy atom. The van der Waals surface area contributed by atoms with Crippen molar-refractivity contribution < 1.29 is 48.9 Å². The number of hydrogen-bond acceptors (Lipinski definition) is 13. The van der Waals surface area contributed by atoms with Crippen LogP contribution in [0.15, 0.2) is 40.1 Å². The summed E-state index contributed by atoms with van der Waals surface area (Å²) in [6, 6.07) is 2.92. The van der Waals surface area contributed by atoms with Gasteiger partial charge >= 0.3 is 12.8 Å². The van der Waals surface area contributed by atoms with E-state index in [0.717, 1.165) is 16.8 Å². The molecular formula is C28H40BN7O12. The minimum Gasteiger partial charge on any atom is -0.496 e. The maximum Gasteiger partial charge on any atom is 0.488 e. The maximum atomic E-state index is 12.6. The number of primary amides is 1. The highest BCUT2D eigenvalue weighted by atomic mass is 16.6. The Morgan fingerprint density at radius 3 is 2.46 bits per heavy atom. The van der Waals surface area contributed by atoms with E-state index in [9.17, 15) is 49.0 Å². The molecule has 4 amide bonds. The lowest BCUT2D eigenvalue weighted by Crippen LogP contribution is -2.50. The topological polar surface area (TPSA) is 311 Å². The number of rotatable bonds is 17. The predicted molar refractivity (Wildman–Crippen MR) is 168 cm³/mol. The molecule has 0 saturated carbocycles. The average molecular weight is 677 g/mol. The van der Waals surface area contributed by atoms with E-state index in [2.05, 4.69) is 16.0 Å². The molecule has 48 heavy (non-hydrogen) atoms. The summed E-state index contributed by atoms with van der Waals surface area (Å²) >= 11 is 0. The fourth-order valence-electron chi connectivity index (χ4n) is 4.87. The van der Waals surface area contributed by atoms with Crippen LogP contribution >= 0.6 is 0 Å². The molecule has 19 nitrogen and oxygen atoms in total. The number of nitrogens with one attached hydrogen (secondary N) is 4. The Balaban J connectivity index is 1.38. The highest BCUT2D eigenvalue weighted by Crippen LogP contribution is 2.27. The fourth-order valence-corrected chi connectivity index (χ4v) is 4.87. The van der Waals surface area contributed by atoms with Crippen molar-refractivity contribution in [2.24, 2.45) is 11.5 Å². The smallest absolute Gasteiger partial charge is 0.488 e. The van der Waals surface area contributed by atoms with Crippen LogP contribution in [0, 0.1) is 0 Å². The number of aliphatic hydroxyl groups excluding tert-OH is 2. The van der Waals surface area contributed by atoms with E-state index in [1.807, 2.05) is 4.98 Å². The monoisotopic (exact) mass is 677 g/mol. The number of carbonyl (C=O) groups is 4. The number of aromatic nitrogens is 2. The SMILES string of the molecule is COc1cc(B(O)O)ccc1C(=O)NCCCC[C@H](NC(=O)[C@@H](N)CCC(=O)NC[C@H]1O[C@@H](n2ccc(=O)[nH]c2=O)[C@H](O)[C@@H]1O)C(N)=O. The van der Waals surface area contributed by atoms with Crippen LogP contribution in [0.5, 0.6) is 5.75 Å². The molecule has 0 aliphatic carbocycles. The largest absolute Gasteiger partial charge is 0.496 e. The first-order valence-electron chi connectivity index (χ1n) is 15.0. The van der Waals surface area contributed by atoms with Crippen LogP contribution < -0.4 is 48.9 Å². The van der Waals surface area contributed by atoms with E-state index in [1.54, 1.807) is 0 Å². The lowest BCUT2D eigenvalue weighted by atomic mass is 9.80. The first kappa shape index (κ1) is 37.9. The van der Waals surface area contributed by atoms with Crippen molar-refractivity contribution in [1.82, 2.24) is 25.5 Å². The Kier molecular flexibility index (Phi) is 13.8. The molecule has 1 aliphatic rings. The number of nitrogens with two attached hydrogens (primary N) is 2. The minimum absolute atomic E-state index is 0.108. The second-order valence-electron chi connectivity index (χ2n) is 11.1. The highest BCUT2D eigenvalue weighted by Gasteiger charge is 2.44. The van der Waals surface area contributed by atoms with Gasteiger partial charge in [0.2, 0.25) is 17.7 Å². The van der Waals surface area contributed by atoms with Crippen molar-refractivity contribution in [3.05, 3.63) is 56.9 Å². The number of ether oxygens (including phenoxy) is 2. The van der Waals surface area contributed by atoms with Gasteiger partial charge in [0.05, 0.1) is 18.7 Å². The molecule has 1 aromatic carbocycles. The van der Waals surface area contributed by atoms with Crippen molar-refractivity contribution in [3.8, 4) is 5.75 Å². The van der Waals surface area contributed by atoms with Gasteiger partial charge in [0, 0.05) is 31.8 Å². The summed E-state index contributed by atoms with van der Waals surface area (Å²) in [7, 11) is -0.385. The van der Waals surface area contributed by atoms with Crippen molar-refractivity contribution >= 4 is 36.2 Å².